The van der Waals surface area contributed by atoms with Crippen molar-refractivity contribution >= 4 is 23.1 Å². The molecule has 1 heterocycles. The van der Waals surface area contributed by atoms with Crippen LogP contribution in [0.25, 0.3) is 0 Å². The number of aryl methyl sites for hydroxylation is 1. The summed E-state index contributed by atoms with van der Waals surface area (Å²) in [5, 5.41) is 4.33. The molecular formula is C14H18N2S2. The maximum absolute atomic E-state index is 5.62. The fourth-order valence-electron chi connectivity index (χ4n) is 1.70. The van der Waals surface area contributed by atoms with E-state index in [1.807, 2.05) is 17.8 Å². The molecule has 1 aromatic carbocycles. The number of hydrazine groups is 1. The highest BCUT2D eigenvalue weighted by Crippen LogP contribution is 2.19. The fraction of sp³-hybridized carbons (Fsp3) is 0.286. The van der Waals surface area contributed by atoms with Gasteiger partial charge >= 0.3 is 0 Å². The summed E-state index contributed by atoms with van der Waals surface area (Å²) in [7, 11) is 0. The lowest BCUT2D eigenvalue weighted by Gasteiger charge is -2.14. The molecule has 18 heavy (non-hydrogen) atoms. The van der Waals surface area contributed by atoms with Gasteiger partial charge in [-0.15, -0.1) is 11.8 Å². The third-order valence-electron chi connectivity index (χ3n) is 2.79. The van der Waals surface area contributed by atoms with Gasteiger partial charge in [-0.1, -0.05) is 18.2 Å². The van der Waals surface area contributed by atoms with Crippen molar-refractivity contribution in [2.24, 2.45) is 5.84 Å². The van der Waals surface area contributed by atoms with E-state index in [-0.39, 0.29) is 0 Å². The minimum absolute atomic E-state index is 0.357. The molecule has 0 fully saturated rings. The van der Waals surface area contributed by atoms with Crippen LogP contribution in [-0.2, 0) is 6.42 Å². The predicted molar refractivity (Wildman–Crippen MR) is 80.9 cm³/mol. The lowest BCUT2D eigenvalue weighted by atomic mass is 10.1. The Morgan fingerprint density at radius 3 is 2.72 bits per heavy atom. The third-order valence-corrected chi connectivity index (χ3v) is 4.70. The maximum Gasteiger partial charge on any atom is 0.0307 e. The Kier molecular flexibility index (Phi) is 5.74. The van der Waals surface area contributed by atoms with Crippen molar-refractivity contribution in [1.82, 2.24) is 5.43 Å². The average molecular weight is 278 g/mol. The molecule has 3 N–H and O–H groups in total. The highest BCUT2D eigenvalue weighted by molar-refractivity contribution is 7.99. The van der Waals surface area contributed by atoms with E-state index >= 15 is 0 Å². The van der Waals surface area contributed by atoms with Crippen molar-refractivity contribution in [1.29, 1.82) is 0 Å². The normalized spacial score (nSPS) is 12.5. The Morgan fingerprint density at radius 1 is 1.22 bits per heavy atom. The SMILES string of the molecule is NNC(CCc1ccsc1)CSc1ccccc1. The van der Waals surface area contributed by atoms with E-state index < -0.39 is 0 Å². The van der Waals surface area contributed by atoms with Crippen molar-refractivity contribution in [2.45, 2.75) is 23.8 Å². The topological polar surface area (TPSA) is 38.0 Å². The van der Waals surface area contributed by atoms with Gasteiger partial charge in [-0.25, -0.2) is 0 Å². The van der Waals surface area contributed by atoms with Crippen LogP contribution in [0.4, 0.5) is 0 Å². The van der Waals surface area contributed by atoms with Crippen LogP contribution < -0.4 is 11.3 Å². The van der Waals surface area contributed by atoms with E-state index in [1.165, 1.54) is 10.5 Å². The Hall–Kier alpha value is -0.810. The van der Waals surface area contributed by atoms with E-state index in [0.717, 1.165) is 18.6 Å². The molecular weight excluding hydrogens is 260 g/mol. The average Bonchev–Trinajstić information content (AvgIpc) is 2.93. The van der Waals surface area contributed by atoms with Gasteiger partial charge in [0.2, 0.25) is 0 Å². The third kappa shape index (κ3) is 4.46. The minimum Gasteiger partial charge on any atom is -0.271 e. The molecule has 2 aromatic rings. The van der Waals surface area contributed by atoms with Gasteiger partial charge in [0.1, 0.15) is 0 Å². The molecule has 1 atom stereocenters. The molecule has 96 valence electrons. The molecule has 0 saturated carbocycles. The lowest BCUT2D eigenvalue weighted by molar-refractivity contribution is 0.539. The highest BCUT2D eigenvalue weighted by Gasteiger charge is 2.07. The summed E-state index contributed by atoms with van der Waals surface area (Å²) in [6.07, 6.45) is 2.17. The number of benzene rings is 1. The van der Waals surface area contributed by atoms with Crippen LogP contribution in [0.5, 0.6) is 0 Å². The summed E-state index contributed by atoms with van der Waals surface area (Å²) in [5.41, 5.74) is 4.32. The number of rotatable bonds is 7. The Labute approximate surface area is 117 Å². The zero-order chi connectivity index (χ0) is 12.6. The number of thioether (sulfide) groups is 1. The first kappa shape index (κ1) is 13.6. The summed E-state index contributed by atoms with van der Waals surface area (Å²) in [6.45, 7) is 0. The van der Waals surface area contributed by atoms with E-state index in [2.05, 4.69) is 46.5 Å². The lowest BCUT2D eigenvalue weighted by Crippen LogP contribution is -2.37. The predicted octanol–water partition coefficient (Wildman–Crippen LogP) is 3.30. The van der Waals surface area contributed by atoms with Crippen LogP contribution in [0.15, 0.2) is 52.1 Å². The van der Waals surface area contributed by atoms with Crippen LogP contribution >= 0.6 is 23.1 Å². The van der Waals surface area contributed by atoms with Gasteiger partial charge in [-0.05, 0) is 47.4 Å². The van der Waals surface area contributed by atoms with Crippen LogP contribution in [0.3, 0.4) is 0 Å². The van der Waals surface area contributed by atoms with Crippen molar-refractivity contribution in [2.75, 3.05) is 5.75 Å². The number of thiophene rings is 1. The highest BCUT2D eigenvalue weighted by atomic mass is 32.2. The molecule has 1 unspecified atom stereocenters. The van der Waals surface area contributed by atoms with Crippen molar-refractivity contribution in [3.8, 4) is 0 Å². The maximum atomic E-state index is 5.62. The van der Waals surface area contributed by atoms with Crippen LogP contribution in [-0.4, -0.2) is 11.8 Å². The second-order valence-corrected chi connectivity index (χ2v) is 6.03. The number of hydrogen-bond acceptors (Lipinski definition) is 4. The molecule has 2 nitrogen and oxygen atoms in total. The Balaban J connectivity index is 1.75. The molecule has 0 bridgehead atoms. The zero-order valence-electron chi connectivity index (χ0n) is 10.2. The van der Waals surface area contributed by atoms with Crippen molar-refractivity contribution < 1.29 is 0 Å². The standard InChI is InChI=1S/C14H18N2S2/c15-16-13(7-6-12-8-9-17-10-12)11-18-14-4-2-1-3-5-14/h1-5,8-10,13,16H,6-7,11,15H2. The van der Waals surface area contributed by atoms with Crippen LogP contribution in [0.2, 0.25) is 0 Å². The molecule has 4 heteroatoms. The Morgan fingerprint density at radius 2 is 2.06 bits per heavy atom. The van der Waals surface area contributed by atoms with Crippen molar-refractivity contribution in [3.63, 3.8) is 0 Å². The van der Waals surface area contributed by atoms with Gasteiger partial charge in [0.05, 0.1) is 0 Å². The van der Waals surface area contributed by atoms with Gasteiger partial charge in [0, 0.05) is 16.7 Å². The molecule has 2 rings (SSSR count). The Bertz CT molecular complexity index is 428. The summed E-state index contributed by atoms with van der Waals surface area (Å²) in [6, 6.07) is 13.0. The van der Waals surface area contributed by atoms with E-state index in [1.54, 1.807) is 11.3 Å². The number of nitrogens with two attached hydrogens (primary N) is 1. The fourth-order valence-corrected chi connectivity index (χ4v) is 3.41. The first-order chi connectivity index (χ1) is 8.88. The number of hydrogen-bond donors (Lipinski definition) is 2. The molecule has 0 spiro atoms. The first-order valence-electron chi connectivity index (χ1n) is 6.03. The summed E-state index contributed by atoms with van der Waals surface area (Å²) in [4.78, 5) is 1.30. The van der Waals surface area contributed by atoms with E-state index in [9.17, 15) is 0 Å². The first-order valence-corrected chi connectivity index (χ1v) is 7.96. The quantitative estimate of drug-likeness (QED) is 0.463. The minimum atomic E-state index is 0.357. The van der Waals surface area contributed by atoms with Gasteiger partial charge in [-0.3, -0.25) is 11.3 Å². The monoisotopic (exact) mass is 278 g/mol. The molecule has 0 aliphatic rings. The summed E-state index contributed by atoms with van der Waals surface area (Å²) in [5.74, 6) is 6.62. The van der Waals surface area contributed by atoms with Gasteiger partial charge in [0.15, 0.2) is 0 Å². The van der Waals surface area contributed by atoms with E-state index in [4.69, 9.17) is 5.84 Å². The molecule has 0 radical (unpaired) electrons. The zero-order valence-corrected chi connectivity index (χ0v) is 11.8. The number of nitrogens with one attached hydrogen (secondary N) is 1. The van der Waals surface area contributed by atoms with Gasteiger partial charge < -0.3 is 0 Å². The smallest absolute Gasteiger partial charge is 0.0307 e. The molecule has 0 aliphatic carbocycles. The van der Waals surface area contributed by atoms with Crippen molar-refractivity contribution in [3.05, 3.63) is 52.7 Å². The molecule has 0 aliphatic heterocycles. The second kappa shape index (κ2) is 7.59. The summed E-state index contributed by atoms with van der Waals surface area (Å²) < 4.78 is 0. The molecule has 1 aromatic heterocycles. The van der Waals surface area contributed by atoms with Crippen LogP contribution in [0.1, 0.15) is 12.0 Å². The van der Waals surface area contributed by atoms with Crippen LogP contribution in [0, 0.1) is 0 Å². The molecule has 0 saturated heterocycles. The van der Waals surface area contributed by atoms with Gasteiger partial charge in [-0.2, -0.15) is 11.3 Å². The van der Waals surface area contributed by atoms with Gasteiger partial charge in [0.25, 0.3) is 0 Å². The van der Waals surface area contributed by atoms with E-state index in [0.29, 0.717) is 6.04 Å². The largest absolute Gasteiger partial charge is 0.271 e. The summed E-state index contributed by atoms with van der Waals surface area (Å²) >= 11 is 3.60. The second-order valence-electron chi connectivity index (χ2n) is 4.16. The molecule has 0 amide bonds.